The van der Waals surface area contributed by atoms with E-state index in [-0.39, 0.29) is 43.7 Å². The van der Waals surface area contributed by atoms with Crippen molar-refractivity contribution in [3.8, 4) is 0 Å². The molecule has 0 heterocycles. The third-order valence-corrected chi connectivity index (χ3v) is 2.68. The summed E-state index contributed by atoms with van der Waals surface area (Å²) in [4.78, 5) is 24.6. The quantitative estimate of drug-likeness (QED) is 0.772. The van der Waals surface area contributed by atoms with Crippen molar-refractivity contribution in [3.05, 3.63) is 35.9 Å². The number of nitrogens with two attached hydrogens (primary N) is 1. The van der Waals surface area contributed by atoms with Crippen LogP contribution in [0.15, 0.2) is 30.3 Å². The number of hydrogen-bond donors (Lipinski definition) is 1. The second-order valence-corrected chi connectivity index (χ2v) is 4.25. The Kier molecular flexibility index (Phi) is 9.41. The van der Waals surface area contributed by atoms with Crippen molar-refractivity contribution in [2.75, 3.05) is 20.1 Å². The molecule has 0 atom stereocenters. The highest BCUT2D eigenvalue weighted by molar-refractivity contribution is 5.85. The molecule has 0 saturated heterocycles. The molecule has 0 fully saturated rings. The summed E-state index contributed by atoms with van der Waals surface area (Å²) in [6.07, 6.45) is 0.255. The van der Waals surface area contributed by atoms with Crippen molar-refractivity contribution in [3.63, 3.8) is 0 Å². The van der Waals surface area contributed by atoms with Gasteiger partial charge >= 0.3 is 5.97 Å². The van der Waals surface area contributed by atoms with Gasteiger partial charge in [0.25, 0.3) is 0 Å². The zero-order valence-electron chi connectivity index (χ0n) is 11.6. The van der Waals surface area contributed by atoms with Crippen LogP contribution < -0.4 is 5.73 Å². The van der Waals surface area contributed by atoms with E-state index in [4.69, 9.17) is 10.5 Å². The number of carbonyl (C=O) groups excluding carboxylic acids is 2. The van der Waals surface area contributed by atoms with Crippen LogP contribution in [0.3, 0.4) is 0 Å². The molecule has 0 aliphatic heterocycles. The molecule has 2 N–H and O–H groups in total. The van der Waals surface area contributed by atoms with Gasteiger partial charge in [0, 0.05) is 26.6 Å². The lowest BCUT2D eigenvalue weighted by atomic mass is 10.2. The van der Waals surface area contributed by atoms with Gasteiger partial charge in [-0.15, -0.1) is 12.4 Å². The normalized spacial score (nSPS) is 9.50. The first-order valence-corrected chi connectivity index (χ1v) is 6.27. The third kappa shape index (κ3) is 7.11. The van der Waals surface area contributed by atoms with E-state index in [1.54, 1.807) is 7.05 Å². The molecular formula is C14H21ClN2O3. The maximum Gasteiger partial charge on any atom is 0.306 e. The van der Waals surface area contributed by atoms with Gasteiger partial charge in [-0.3, -0.25) is 9.59 Å². The highest BCUT2D eigenvalue weighted by atomic mass is 35.5. The Bertz CT molecular complexity index is 412. The van der Waals surface area contributed by atoms with Crippen LogP contribution in [0.1, 0.15) is 18.4 Å². The highest BCUT2D eigenvalue weighted by Gasteiger charge is 2.11. The smallest absolute Gasteiger partial charge is 0.306 e. The molecule has 20 heavy (non-hydrogen) atoms. The van der Waals surface area contributed by atoms with E-state index in [2.05, 4.69) is 0 Å². The molecule has 0 spiro atoms. The van der Waals surface area contributed by atoms with E-state index in [9.17, 15) is 9.59 Å². The second-order valence-electron chi connectivity index (χ2n) is 4.25. The van der Waals surface area contributed by atoms with E-state index in [1.807, 2.05) is 30.3 Å². The van der Waals surface area contributed by atoms with Gasteiger partial charge in [-0.2, -0.15) is 0 Å². The zero-order chi connectivity index (χ0) is 14.1. The van der Waals surface area contributed by atoms with Crippen LogP contribution in [0.4, 0.5) is 0 Å². The first kappa shape index (κ1) is 18.4. The molecule has 1 amide bonds. The molecule has 1 aromatic carbocycles. The molecule has 1 aromatic rings. The topological polar surface area (TPSA) is 72.6 Å². The van der Waals surface area contributed by atoms with Crippen LogP contribution in [0.25, 0.3) is 0 Å². The average molecular weight is 301 g/mol. The molecule has 1 rings (SSSR count). The molecular weight excluding hydrogens is 280 g/mol. The minimum absolute atomic E-state index is 0. The Balaban J connectivity index is 0.00000361. The van der Waals surface area contributed by atoms with Crippen molar-refractivity contribution < 1.29 is 14.3 Å². The number of ether oxygens (including phenoxy) is 1. The fraction of sp³-hybridized carbons (Fsp3) is 0.429. The summed E-state index contributed by atoms with van der Waals surface area (Å²) in [5, 5.41) is 0. The van der Waals surface area contributed by atoms with Gasteiger partial charge in [-0.25, -0.2) is 0 Å². The summed E-state index contributed by atoms with van der Waals surface area (Å²) in [7, 11) is 1.67. The Morgan fingerprint density at radius 3 is 2.45 bits per heavy atom. The number of hydrogen-bond acceptors (Lipinski definition) is 4. The fourth-order valence-corrected chi connectivity index (χ4v) is 1.53. The van der Waals surface area contributed by atoms with E-state index >= 15 is 0 Å². The summed E-state index contributed by atoms with van der Waals surface area (Å²) < 4.78 is 5.08. The van der Waals surface area contributed by atoms with E-state index in [0.717, 1.165) is 5.56 Å². The number of amides is 1. The Labute approximate surface area is 125 Å². The maximum atomic E-state index is 11.6. The predicted molar refractivity (Wildman–Crippen MR) is 79.4 cm³/mol. The Morgan fingerprint density at radius 2 is 1.85 bits per heavy atom. The first-order valence-electron chi connectivity index (χ1n) is 6.27. The lowest BCUT2D eigenvalue weighted by Crippen LogP contribution is -2.31. The van der Waals surface area contributed by atoms with Crippen LogP contribution in [0, 0.1) is 0 Å². The van der Waals surface area contributed by atoms with Gasteiger partial charge in [0.2, 0.25) is 5.91 Å². The SMILES string of the molecule is CN(CCN)C(=O)CCC(=O)OCc1ccccc1.Cl. The number of esters is 1. The van der Waals surface area contributed by atoms with Crippen LogP contribution in [-0.2, 0) is 20.9 Å². The number of likely N-dealkylation sites (N-methyl/N-ethyl adjacent to an activating group) is 1. The second kappa shape index (κ2) is 10.2. The van der Waals surface area contributed by atoms with Crippen LogP contribution in [0.2, 0.25) is 0 Å². The highest BCUT2D eigenvalue weighted by Crippen LogP contribution is 2.03. The van der Waals surface area contributed by atoms with E-state index in [0.29, 0.717) is 13.1 Å². The summed E-state index contributed by atoms with van der Waals surface area (Å²) in [6.45, 7) is 1.16. The van der Waals surface area contributed by atoms with Gasteiger partial charge < -0.3 is 15.4 Å². The molecule has 0 saturated carbocycles. The maximum absolute atomic E-state index is 11.6. The zero-order valence-corrected chi connectivity index (χ0v) is 12.4. The number of halogens is 1. The van der Waals surface area contributed by atoms with Crippen molar-refractivity contribution in [1.29, 1.82) is 0 Å². The largest absolute Gasteiger partial charge is 0.461 e. The summed E-state index contributed by atoms with van der Waals surface area (Å²) in [5.41, 5.74) is 6.28. The minimum atomic E-state index is -0.363. The van der Waals surface area contributed by atoms with Crippen LogP contribution in [0.5, 0.6) is 0 Å². The van der Waals surface area contributed by atoms with Gasteiger partial charge in [0.05, 0.1) is 6.42 Å². The van der Waals surface area contributed by atoms with Crippen molar-refractivity contribution in [2.45, 2.75) is 19.4 Å². The summed E-state index contributed by atoms with van der Waals surface area (Å²) in [6, 6.07) is 9.43. The molecule has 0 unspecified atom stereocenters. The molecule has 6 heteroatoms. The first-order chi connectivity index (χ1) is 9.13. The summed E-state index contributed by atoms with van der Waals surface area (Å²) >= 11 is 0. The monoisotopic (exact) mass is 300 g/mol. The molecule has 0 aliphatic rings. The Hall–Kier alpha value is -1.59. The minimum Gasteiger partial charge on any atom is -0.461 e. The molecule has 0 aliphatic carbocycles. The molecule has 0 bridgehead atoms. The van der Waals surface area contributed by atoms with Gasteiger partial charge in [-0.1, -0.05) is 30.3 Å². The fourth-order valence-electron chi connectivity index (χ4n) is 1.53. The lowest BCUT2D eigenvalue weighted by Gasteiger charge is -2.15. The number of nitrogens with zero attached hydrogens (tertiary/aromatic N) is 1. The standard InChI is InChI=1S/C14H20N2O3.ClH/c1-16(10-9-15)13(17)7-8-14(18)19-11-12-5-3-2-4-6-12;/h2-6H,7-11,15H2,1H3;1H. The van der Waals surface area contributed by atoms with Crippen molar-refractivity contribution in [1.82, 2.24) is 4.90 Å². The van der Waals surface area contributed by atoms with E-state index in [1.165, 1.54) is 4.90 Å². The molecule has 0 radical (unpaired) electrons. The van der Waals surface area contributed by atoms with Crippen molar-refractivity contribution in [2.24, 2.45) is 5.73 Å². The molecule has 112 valence electrons. The van der Waals surface area contributed by atoms with Gasteiger partial charge in [0.15, 0.2) is 0 Å². The average Bonchev–Trinajstić information content (AvgIpc) is 2.43. The number of rotatable bonds is 7. The van der Waals surface area contributed by atoms with Crippen LogP contribution >= 0.6 is 12.4 Å². The number of carbonyl (C=O) groups is 2. The van der Waals surface area contributed by atoms with Crippen molar-refractivity contribution >= 4 is 24.3 Å². The third-order valence-electron chi connectivity index (χ3n) is 2.68. The summed E-state index contributed by atoms with van der Waals surface area (Å²) in [5.74, 6) is -0.458. The Morgan fingerprint density at radius 1 is 1.20 bits per heavy atom. The van der Waals surface area contributed by atoms with E-state index < -0.39 is 0 Å². The lowest BCUT2D eigenvalue weighted by molar-refractivity contribution is -0.147. The number of benzene rings is 1. The molecule has 5 nitrogen and oxygen atoms in total. The van der Waals surface area contributed by atoms with Crippen LogP contribution in [-0.4, -0.2) is 36.9 Å². The molecule has 0 aromatic heterocycles. The van der Waals surface area contributed by atoms with Gasteiger partial charge in [0.1, 0.15) is 6.61 Å². The predicted octanol–water partition coefficient (Wildman–Crippen LogP) is 1.35. The van der Waals surface area contributed by atoms with Gasteiger partial charge in [-0.05, 0) is 5.56 Å².